The van der Waals surface area contributed by atoms with Crippen molar-refractivity contribution in [2.45, 2.75) is 30.8 Å². The van der Waals surface area contributed by atoms with Gasteiger partial charge in [-0.25, -0.2) is 9.67 Å². The molecule has 152 valence electrons. The van der Waals surface area contributed by atoms with E-state index in [9.17, 15) is 9.59 Å². The number of rotatable bonds is 3. The maximum absolute atomic E-state index is 13.8. The summed E-state index contributed by atoms with van der Waals surface area (Å²) in [7, 11) is 0. The Hall–Kier alpha value is -2.83. The first-order valence-electron chi connectivity index (χ1n) is 10.1. The predicted octanol–water partition coefficient (Wildman–Crippen LogP) is 3.30. The first-order valence-corrected chi connectivity index (χ1v) is 10.5. The maximum Gasteiger partial charge on any atom is 0.170 e. The van der Waals surface area contributed by atoms with Crippen LogP contribution in [0, 0.1) is 5.92 Å². The maximum atomic E-state index is 13.8. The number of halogens is 1. The van der Waals surface area contributed by atoms with E-state index in [1.54, 1.807) is 23.1 Å². The Balaban J connectivity index is 1.56. The lowest BCUT2D eigenvalue weighted by molar-refractivity contribution is -0.141. The van der Waals surface area contributed by atoms with Gasteiger partial charge in [0.1, 0.15) is 24.5 Å². The molecule has 6 nitrogen and oxygen atoms in total. The summed E-state index contributed by atoms with van der Waals surface area (Å²) in [4.78, 5) is 31.2. The Bertz CT molecular complexity index is 1080. The smallest absolute Gasteiger partial charge is 0.170 e. The summed E-state index contributed by atoms with van der Waals surface area (Å²) < 4.78 is 1.59. The van der Waals surface area contributed by atoms with E-state index in [4.69, 9.17) is 11.6 Å². The van der Waals surface area contributed by atoms with E-state index in [0.29, 0.717) is 5.02 Å². The van der Waals surface area contributed by atoms with Crippen molar-refractivity contribution in [2.24, 2.45) is 5.92 Å². The second kappa shape index (κ2) is 7.78. The van der Waals surface area contributed by atoms with Crippen LogP contribution in [0.25, 0.3) is 0 Å². The predicted molar refractivity (Wildman–Crippen MR) is 112 cm³/mol. The topological polar surface area (TPSA) is 76.9 Å². The fourth-order valence-electron chi connectivity index (χ4n) is 4.87. The number of ketones is 2. The summed E-state index contributed by atoms with van der Waals surface area (Å²) in [5.74, 6) is -1.21. The van der Waals surface area contributed by atoms with Crippen molar-refractivity contribution in [1.29, 1.82) is 0 Å². The molecule has 1 aromatic heterocycles. The molecule has 1 fully saturated rings. The third kappa shape index (κ3) is 3.26. The number of carbonyl (C=O) groups excluding carboxylic acids is 2. The van der Waals surface area contributed by atoms with Gasteiger partial charge in [-0.3, -0.25) is 9.59 Å². The van der Waals surface area contributed by atoms with Gasteiger partial charge >= 0.3 is 0 Å². The van der Waals surface area contributed by atoms with Crippen molar-refractivity contribution in [3.05, 3.63) is 82.9 Å². The van der Waals surface area contributed by atoms with Crippen LogP contribution in [0.5, 0.6) is 0 Å². The lowest BCUT2D eigenvalue weighted by atomic mass is 9.69. The van der Waals surface area contributed by atoms with E-state index in [0.717, 1.165) is 24.1 Å². The average Bonchev–Trinajstić information content (AvgIpc) is 3.28. The van der Waals surface area contributed by atoms with Crippen molar-refractivity contribution in [3.63, 3.8) is 0 Å². The second-order valence-corrected chi connectivity index (χ2v) is 8.35. The molecule has 2 aliphatic rings. The molecule has 7 heteroatoms. The summed E-state index contributed by atoms with van der Waals surface area (Å²) in [5, 5.41) is 8.30. The van der Waals surface area contributed by atoms with E-state index in [-0.39, 0.29) is 29.9 Å². The SMILES string of the molecule is O=C1CC(c2ccc(Cl)cc2)C(n2cncn2)C(=O)C1C1NCCc2ccccc21. The molecule has 1 aliphatic carbocycles. The minimum absolute atomic E-state index is 0.0366. The molecule has 0 bridgehead atoms. The van der Waals surface area contributed by atoms with Crippen molar-refractivity contribution in [3.8, 4) is 0 Å². The molecule has 0 spiro atoms. The first-order chi connectivity index (χ1) is 14.6. The van der Waals surface area contributed by atoms with Gasteiger partial charge in [-0.05, 0) is 41.8 Å². The normalized spacial score (nSPS) is 26.4. The number of nitrogens with one attached hydrogen (secondary N) is 1. The Labute approximate surface area is 179 Å². The molecule has 4 atom stereocenters. The van der Waals surface area contributed by atoms with Crippen LogP contribution in [0.15, 0.2) is 61.2 Å². The van der Waals surface area contributed by atoms with Crippen LogP contribution >= 0.6 is 11.6 Å². The number of carbonyl (C=O) groups is 2. The van der Waals surface area contributed by atoms with Crippen molar-refractivity contribution in [1.82, 2.24) is 20.1 Å². The minimum atomic E-state index is -0.746. The number of nitrogens with zero attached hydrogens (tertiary/aromatic N) is 3. The van der Waals surface area contributed by atoms with Crippen LogP contribution < -0.4 is 5.32 Å². The van der Waals surface area contributed by atoms with Gasteiger partial charge < -0.3 is 5.32 Å². The highest BCUT2D eigenvalue weighted by molar-refractivity contribution is 6.30. The van der Waals surface area contributed by atoms with E-state index in [1.807, 2.05) is 30.3 Å². The first kappa shape index (κ1) is 19.2. The fraction of sp³-hybridized carbons (Fsp3) is 0.304. The van der Waals surface area contributed by atoms with Gasteiger partial charge in [0, 0.05) is 23.4 Å². The zero-order valence-electron chi connectivity index (χ0n) is 16.2. The zero-order chi connectivity index (χ0) is 20.7. The number of aromatic nitrogens is 3. The highest BCUT2D eigenvalue weighted by Crippen LogP contribution is 2.44. The lowest BCUT2D eigenvalue weighted by Crippen LogP contribution is -2.48. The van der Waals surface area contributed by atoms with Crippen molar-refractivity contribution in [2.75, 3.05) is 6.54 Å². The zero-order valence-corrected chi connectivity index (χ0v) is 17.0. The molecule has 2 heterocycles. The molecular weight excluding hydrogens is 400 g/mol. The monoisotopic (exact) mass is 420 g/mol. The van der Waals surface area contributed by atoms with Gasteiger partial charge in [0.2, 0.25) is 0 Å². The molecule has 0 saturated heterocycles. The third-order valence-corrected chi connectivity index (χ3v) is 6.50. The van der Waals surface area contributed by atoms with E-state index in [1.165, 1.54) is 11.9 Å². The van der Waals surface area contributed by atoms with Gasteiger partial charge in [-0.1, -0.05) is 48.0 Å². The number of Topliss-reactive ketones (excluding diaryl/α,β-unsaturated/α-hetero) is 2. The molecule has 1 aliphatic heterocycles. The standard InChI is InChI=1S/C23H21ClN4O2/c24-16-7-5-15(6-8-16)18-11-19(29)20(23(30)22(18)28-13-25-12-27-28)21-17-4-2-1-3-14(17)9-10-26-21/h1-8,12-13,18,20-22,26H,9-11H2. The summed E-state index contributed by atoms with van der Waals surface area (Å²) in [6.45, 7) is 0.743. The minimum Gasteiger partial charge on any atom is -0.309 e. The number of fused-ring (bicyclic) bond motifs is 1. The fourth-order valence-corrected chi connectivity index (χ4v) is 4.99. The molecule has 1 N–H and O–H groups in total. The summed E-state index contributed by atoms with van der Waals surface area (Å²) in [5.41, 5.74) is 3.13. The molecule has 0 radical (unpaired) electrons. The molecular formula is C23H21ClN4O2. The van der Waals surface area contributed by atoms with Gasteiger partial charge in [0.25, 0.3) is 0 Å². The van der Waals surface area contributed by atoms with E-state index < -0.39 is 12.0 Å². The molecule has 1 saturated carbocycles. The molecule has 30 heavy (non-hydrogen) atoms. The Morgan fingerprint density at radius 1 is 1.07 bits per heavy atom. The van der Waals surface area contributed by atoms with Crippen LogP contribution in [0.3, 0.4) is 0 Å². The van der Waals surface area contributed by atoms with Gasteiger partial charge in [-0.15, -0.1) is 0 Å². The second-order valence-electron chi connectivity index (χ2n) is 7.91. The summed E-state index contributed by atoms with van der Waals surface area (Å²) >= 11 is 6.05. The largest absolute Gasteiger partial charge is 0.309 e. The quantitative estimate of drug-likeness (QED) is 0.658. The van der Waals surface area contributed by atoms with Crippen LogP contribution in [0.2, 0.25) is 5.02 Å². The van der Waals surface area contributed by atoms with Crippen LogP contribution in [-0.2, 0) is 16.0 Å². The van der Waals surface area contributed by atoms with Crippen LogP contribution in [-0.4, -0.2) is 32.9 Å². The number of hydrogen-bond donors (Lipinski definition) is 1. The lowest BCUT2D eigenvalue weighted by Gasteiger charge is -2.39. The van der Waals surface area contributed by atoms with Crippen molar-refractivity contribution < 1.29 is 9.59 Å². The molecule has 4 unspecified atom stereocenters. The average molecular weight is 421 g/mol. The molecule has 2 aromatic carbocycles. The van der Waals surface area contributed by atoms with Gasteiger partial charge in [0.15, 0.2) is 5.78 Å². The van der Waals surface area contributed by atoms with Crippen molar-refractivity contribution >= 4 is 23.2 Å². The molecule has 0 amide bonds. The highest BCUT2D eigenvalue weighted by Gasteiger charge is 2.49. The Morgan fingerprint density at radius 3 is 2.63 bits per heavy atom. The summed E-state index contributed by atoms with van der Waals surface area (Å²) in [6, 6.07) is 14.5. The number of benzene rings is 2. The van der Waals surface area contributed by atoms with Gasteiger partial charge in [0.05, 0.1) is 5.92 Å². The molecule has 3 aromatic rings. The molecule has 5 rings (SSSR count). The van der Waals surface area contributed by atoms with Crippen LogP contribution in [0.1, 0.15) is 41.1 Å². The Morgan fingerprint density at radius 2 is 1.87 bits per heavy atom. The van der Waals surface area contributed by atoms with Crippen LogP contribution in [0.4, 0.5) is 0 Å². The third-order valence-electron chi connectivity index (χ3n) is 6.25. The summed E-state index contributed by atoms with van der Waals surface area (Å²) in [6.07, 6.45) is 4.14. The van der Waals surface area contributed by atoms with Gasteiger partial charge in [-0.2, -0.15) is 5.10 Å². The Kier molecular flexibility index (Phi) is 4.97. The van der Waals surface area contributed by atoms with E-state index in [2.05, 4.69) is 21.5 Å². The van der Waals surface area contributed by atoms with E-state index >= 15 is 0 Å². The number of hydrogen-bond acceptors (Lipinski definition) is 5. The highest BCUT2D eigenvalue weighted by atomic mass is 35.5.